The number of carbonyl (C=O) groups is 4. The van der Waals surface area contributed by atoms with E-state index in [1.807, 2.05) is 0 Å². The van der Waals surface area contributed by atoms with Gasteiger partial charge in [-0.05, 0) is 0 Å². The zero-order valence-electron chi connectivity index (χ0n) is 12.1. The average Bonchev–Trinajstić information content (AvgIpc) is 2.53. The van der Waals surface area contributed by atoms with Crippen molar-refractivity contribution in [2.75, 3.05) is 25.5 Å². The van der Waals surface area contributed by atoms with E-state index < -0.39 is 61.6 Å². The molecule has 3 atom stereocenters. The van der Waals surface area contributed by atoms with E-state index in [9.17, 15) is 19.2 Å². The minimum absolute atomic E-state index is 0.136. The molecule has 12 heteroatoms. The molecule has 0 aliphatic rings. The van der Waals surface area contributed by atoms with E-state index in [2.05, 4.69) is 28.6 Å². The average molecular weight is 352 g/mol. The molecular formula is C11H20N4O7S. The highest BCUT2D eigenvalue weighted by atomic mass is 32.1. The third-order valence-corrected chi connectivity index (χ3v) is 2.95. The van der Waals surface area contributed by atoms with Gasteiger partial charge in [-0.2, -0.15) is 12.6 Å². The highest BCUT2D eigenvalue weighted by Crippen LogP contribution is 1.89. The fourth-order valence-corrected chi connectivity index (χ4v) is 1.52. The van der Waals surface area contributed by atoms with Crippen LogP contribution >= 0.6 is 12.6 Å². The lowest BCUT2D eigenvalue weighted by Gasteiger charge is -2.18. The third kappa shape index (κ3) is 7.78. The summed E-state index contributed by atoms with van der Waals surface area (Å²) in [5.41, 5.74) is 5.24. The quantitative estimate of drug-likeness (QED) is 0.180. The molecule has 3 unspecified atom stereocenters. The van der Waals surface area contributed by atoms with E-state index in [-0.39, 0.29) is 5.75 Å². The summed E-state index contributed by atoms with van der Waals surface area (Å²) < 4.78 is 0. The van der Waals surface area contributed by atoms with Crippen LogP contribution in [0.5, 0.6) is 0 Å². The second-order valence-corrected chi connectivity index (χ2v) is 4.76. The number of amides is 3. The predicted molar refractivity (Wildman–Crippen MR) is 80.5 cm³/mol. The standard InChI is InChI=1S/C11H20N4O7S/c12-5(2-16)9(19)15-6(3-17)10(20)13-1-8(18)14-7(4-23)11(21)22/h5-7,16-17,23H,1-4,12H2,(H,13,20)(H,14,18)(H,15,19)(H,21,22). The Kier molecular flexibility index (Phi) is 9.89. The molecule has 0 aromatic rings. The number of aliphatic hydroxyl groups excluding tert-OH is 2. The largest absolute Gasteiger partial charge is 0.480 e. The Morgan fingerprint density at radius 2 is 1.61 bits per heavy atom. The minimum Gasteiger partial charge on any atom is -0.480 e. The molecule has 3 amide bonds. The summed E-state index contributed by atoms with van der Waals surface area (Å²) in [4.78, 5) is 45.3. The van der Waals surface area contributed by atoms with Gasteiger partial charge in [0.1, 0.15) is 18.1 Å². The smallest absolute Gasteiger partial charge is 0.327 e. The summed E-state index contributed by atoms with van der Waals surface area (Å²) in [6.45, 7) is -1.96. The molecule has 23 heavy (non-hydrogen) atoms. The number of thiol groups is 1. The summed E-state index contributed by atoms with van der Waals surface area (Å²) in [7, 11) is 0. The van der Waals surface area contributed by atoms with E-state index in [0.717, 1.165) is 0 Å². The van der Waals surface area contributed by atoms with Gasteiger partial charge in [0.25, 0.3) is 0 Å². The lowest BCUT2D eigenvalue weighted by molar-refractivity contribution is -0.141. The first-order valence-corrected chi connectivity index (χ1v) is 7.08. The molecule has 0 aromatic heterocycles. The Labute approximate surface area is 137 Å². The number of hydrogen-bond acceptors (Lipinski definition) is 8. The molecule has 0 aliphatic carbocycles. The van der Waals surface area contributed by atoms with E-state index in [1.54, 1.807) is 0 Å². The second kappa shape index (κ2) is 10.8. The first-order valence-electron chi connectivity index (χ1n) is 6.45. The monoisotopic (exact) mass is 352 g/mol. The molecule has 0 aliphatic heterocycles. The number of nitrogens with one attached hydrogen (secondary N) is 3. The van der Waals surface area contributed by atoms with Gasteiger partial charge < -0.3 is 37.0 Å². The van der Waals surface area contributed by atoms with Gasteiger partial charge in [0.15, 0.2) is 0 Å². The maximum atomic E-state index is 11.7. The zero-order valence-corrected chi connectivity index (χ0v) is 13.0. The van der Waals surface area contributed by atoms with Crippen LogP contribution in [-0.4, -0.2) is 82.6 Å². The lowest BCUT2D eigenvalue weighted by Crippen LogP contribution is -2.55. The van der Waals surface area contributed by atoms with Crippen LogP contribution in [0.1, 0.15) is 0 Å². The van der Waals surface area contributed by atoms with Crippen LogP contribution in [0.25, 0.3) is 0 Å². The normalized spacial score (nSPS) is 14.3. The van der Waals surface area contributed by atoms with E-state index in [4.69, 9.17) is 21.1 Å². The Morgan fingerprint density at radius 3 is 2.04 bits per heavy atom. The van der Waals surface area contributed by atoms with Crippen molar-refractivity contribution in [3.63, 3.8) is 0 Å². The van der Waals surface area contributed by atoms with Gasteiger partial charge in [-0.3, -0.25) is 14.4 Å². The highest BCUT2D eigenvalue weighted by Gasteiger charge is 2.24. The summed E-state index contributed by atoms with van der Waals surface area (Å²) in [6, 6.07) is -3.83. The number of carbonyl (C=O) groups excluding carboxylic acids is 3. The summed E-state index contributed by atoms with van der Waals surface area (Å²) >= 11 is 3.76. The molecule has 0 heterocycles. The van der Waals surface area contributed by atoms with Gasteiger partial charge in [0, 0.05) is 5.75 Å². The second-order valence-electron chi connectivity index (χ2n) is 4.39. The van der Waals surface area contributed by atoms with Crippen LogP contribution in [0.2, 0.25) is 0 Å². The molecule has 0 saturated heterocycles. The Bertz CT molecular complexity index is 448. The Morgan fingerprint density at radius 1 is 1.00 bits per heavy atom. The van der Waals surface area contributed by atoms with Crippen molar-refractivity contribution in [2.45, 2.75) is 18.1 Å². The highest BCUT2D eigenvalue weighted by molar-refractivity contribution is 7.80. The van der Waals surface area contributed by atoms with Crippen LogP contribution < -0.4 is 21.7 Å². The van der Waals surface area contributed by atoms with Gasteiger partial charge in [-0.25, -0.2) is 4.79 Å². The Balaban J connectivity index is 4.41. The van der Waals surface area contributed by atoms with Gasteiger partial charge in [-0.1, -0.05) is 0 Å². The van der Waals surface area contributed by atoms with E-state index in [0.29, 0.717) is 0 Å². The van der Waals surface area contributed by atoms with Crippen LogP contribution in [0.15, 0.2) is 0 Å². The molecular weight excluding hydrogens is 332 g/mol. The molecule has 11 nitrogen and oxygen atoms in total. The maximum Gasteiger partial charge on any atom is 0.327 e. The van der Waals surface area contributed by atoms with E-state index in [1.165, 1.54) is 0 Å². The van der Waals surface area contributed by atoms with Crippen molar-refractivity contribution < 1.29 is 34.5 Å². The van der Waals surface area contributed by atoms with Crippen molar-refractivity contribution in [1.29, 1.82) is 0 Å². The van der Waals surface area contributed by atoms with Gasteiger partial charge >= 0.3 is 5.97 Å². The molecule has 0 aromatic carbocycles. The van der Waals surface area contributed by atoms with Gasteiger partial charge in [0.05, 0.1) is 19.8 Å². The predicted octanol–water partition coefficient (Wildman–Crippen LogP) is -4.60. The minimum atomic E-state index is -1.37. The lowest BCUT2D eigenvalue weighted by atomic mass is 10.2. The van der Waals surface area contributed by atoms with Crippen molar-refractivity contribution in [1.82, 2.24) is 16.0 Å². The molecule has 0 bridgehead atoms. The molecule has 8 N–H and O–H groups in total. The molecule has 0 saturated carbocycles. The van der Waals surface area contributed by atoms with Crippen LogP contribution in [0.4, 0.5) is 0 Å². The van der Waals surface area contributed by atoms with Crippen LogP contribution in [-0.2, 0) is 19.2 Å². The Hall–Kier alpha value is -1.89. The first-order chi connectivity index (χ1) is 10.8. The molecule has 0 spiro atoms. The number of rotatable bonds is 10. The fourth-order valence-electron chi connectivity index (χ4n) is 1.28. The zero-order chi connectivity index (χ0) is 18.0. The molecule has 0 radical (unpaired) electrons. The number of nitrogens with two attached hydrogens (primary N) is 1. The summed E-state index contributed by atoms with van der Waals surface area (Å²) in [5.74, 6) is -3.93. The summed E-state index contributed by atoms with van der Waals surface area (Å²) in [6.07, 6.45) is 0. The number of carboxylic acid groups (broad SMARTS) is 1. The maximum absolute atomic E-state index is 11.7. The number of carboxylic acids is 1. The van der Waals surface area contributed by atoms with Gasteiger partial charge in [-0.15, -0.1) is 0 Å². The number of hydrogen-bond donors (Lipinski definition) is 8. The topological polar surface area (TPSA) is 191 Å². The van der Waals surface area contributed by atoms with E-state index >= 15 is 0 Å². The molecule has 0 rings (SSSR count). The van der Waals surface area contributed by atoms with Crippen molar-refractivity contribution in [3.8, 4) is 0 Å². The van der Waals surface area contributed by atoms with Crippen LogP contribution in [0, 0.1) is 0 Å². The van der Waals surface area contributed by atoms with Crippen molar-refractivity contribution >= 4 is 36.3 Å². The molecule has 132 valence electrons. The SMILES string of the molecule is NC(CO)C(=O)NC(CO)C(=O)NCC(=O)NC(CS)C(=O)O. The third-order valence-electron chi connectivity index (χ3n) is 2.59. The van der Waals surface area contributed by atoms with Crippen molar-refractivity contribution in [3.05, 3.63) is 0 Å². The number of aliphatic carboxylic acids is 1. The molecule has 0 fully saturated rings. The summed E-state index contributed by atoms with van der Waals surface area (Å²) in [5, 5.41) is 32.8. The van der Waals surface area contributed by atoms with Crippen LogP contribution in [0.3, 0.4) is 0 Å². The van der Waals surface area contributed by atoms with Gasteiger partial charge in [0.2, 0.25) is 17.7 Å². The number of aliphatic hydroxyl groups is 2. The van der Waals surface area contributed by atoms with Crippen molar-refractivity contribution in [2.24, 2.45) is 5.73 Å². The fraction of sp³-hybridized carbons (Fsp3) is 0.636. The first kappa shape index (κ1) is 21.1.